The van der Waals surface area contributed by atoms with Gasteiger partial charge in [-0.05, 0) is 68.1 Å². The number of halogens is 1. The van der Waals surface area contributed by atoms with Gasteiger partial charge in [0.2, 0.25) is 0 Å². The number of nitrogens with one attached hydrogen (secondary N) is 2. The summed E-state index contributed by atoms with van der Waals surface area (Å²) in [7, 11) is 0. The summed E-state index contributed by atoms with van der Waals surface area (Å²) in [5.74, 6) is 6.91. The Morgan fingerprint density at radius 3 is 2.63 bits per heavy atom. The summed E-state index contributed by atoms with van der Waals surface area (Å²) >= 11 is 0. The van der Waals surface area contributed by atoms with Crippen molar-refractivity contribution in [3.63, 3.8) is 0 Å². The Bertz CT molecular complexity index is 1030. The molecule has 1 fully saturated rings. The zero-order valence-electron chi connectivity index (χ0n) is 15.1. The van der Waals surface area contributed by atoms with Crippen LogP contribution < -0.4 is 5.69 Å². The molecule has 2 N–H and O–H groups in total. The summed E-state index contributed by atoms with van der Waals surface area (Å²) in [6.45, 7) is 2.80. The monoisotopic (exact) mass is 363 g/mol. The maximum absolute atomic E-state index is 13.0. The van der Waals surface area contributed by atoms with Crippen molar-refractivity contribution < 1.29 is 4.39 Å². The second-order valence-corrected chi connectivity index (χ2v) is 7.16. The third-order valence-corrected chi connectivity index (χ3v) is 5.22. The fourth-order valence-electron chi connectivity index (χ4n) is 3.71. The highest BCUT2D eigenvalue weighted by atomic mass is 19.1. The molecular weight excluding hydrogens is 341 g/mol. The van der Waals surface area contributed by atoms with Crippen LogP contribution >= 0.6 is 0 Å². The number of fused-ring (bicyclic) bond motifs is 1. The van der Waals surface area contributed by atoms with E-state index in [0.717, 1.165) is 55.5 Å². The van der Waals surface area contributed by atoms with Crippen LogP contribution in [0.5, 0.6) is 0 Å². The number of likely N-dealkylation sites (tertiary alicyclic amines) is 1. The van der Waals surface area contributed by atoms with Crippen LogP contribution in [0.2, 0.25) is 0 Å². The number of H-pyrrole nitrogens is 2. The van der Waals surface area contributed by atoms with Crippen LogP contribution in [0.4, 0.5) is 4.39 Å². The second-order valence-electron chi connectivity index (χ2n) is 7.16. The van der Waals surface area contributed by atoms with Gasteiger partial charge in [-0.1, -0.05) is 30.0 Å². The summed E-state index contributed by atoms with van der Waals surface area (Å²) in [6, 6.07) is 12.5. The molecule has 0 atom stereocenters. The van der Waals surface area contributed by atoms with Gasteiger partial charge < -0.3 is 9.97 Å². The minimum Gasteiger partial charge on any atom is -0.306 e. The minimum atomic E-state index is -0.206. The number of hydrogen-bond acceptors (Lipinski definition) is 2. The SMILES string of the molecule is O=c1[nH]c2cccc(C#CCN3CCC(Cc4ccc(F)cc4)CC3)c2[nH]1. The Morgan fingerprint density at radius 2 is 1.85 bits per heavy atom. The number of hydrogen-bond donors (Lipinski definition) is 2. The zero-order chi connectivity index (χ0) is 18.6. The van der Waals surface area contributed by atoms with Crippen LogP contribution in [0.1, 0.15) is 24.0 Å². The highest BCUT2D eigenvalue weighted by Crippen LogP contribution is 2.21. The lowest BCUT2D eigenvalue weighted by molar-refractivity contribution is 0.203. The number of imidazole rings is 1. The number of aromatic nitrogens is 2. The predicted octanol–water partition coefficient (Wildman–Crippen LogP) is 3.30. The summed E-state index contributed by atoms with van der Waals surface area (Å²) in [5, 5.41) is 0. The summed E-state index contributed by atoms with van der Waals surface area (Å²) in [6.07, 6.45) is 3.29. The van der Waals surface area contributed by atoms with E-state index in [4.69, 9.17) is 0 Å². The number of nitrogens with zero attached hydrogens (tertiary/aromatic N) is 1. The first-order valence-corrected chi connectivity index (χ1v) is 9.34. The third-order valence-electron chi connectivity index (χ3n) is 5.22. The molecule has 1 saturated heterocycles. The van der Waals surface area contributed by atoms with Gasteiger partial charge in [0, 0.05) is 0 Å². The van der Waals surface area contributed by atoms with Crippen LogP contribution in [0, 0.1) is 23.6 Å². The maximum atomic E-state index is 13.0. The molecule has 0 aliphatic carbocycles. The highest BCUT2D eigenvalue weighted by Gasteiger charge is 2.18. The molecule has 0 spiro atoms. The molecule has 2 aromatic carbocycles. The first-order chi connectivity index (χ1) is 13.2. The number of benzene rings is 2. The molecule has 2 heterocycles. The zero-order valence-corrected chi connectivity index (χ0v) is 15.1. The van der Waals surface area contributed by atoms with Gasteiger partial charge in [-0.15, -0.1) is 0 Å². The predicted molar refractivity (Wildman–Crippen MR) is 105 cm³/mol. The molecule has 3 aromatic rings. The van der Waals surface area contributed by atoms with E-state index in [1.54, 1.807) is 12.1 Å². The third kappa shape index (κ3) is 4.29. The van der Waals surface area contributed by atoms with Gasteiger partial charge in [-0.2, -0.15) is 0 Å². The van der Waals surface area contributed by atoms with Crippen LogP contribution in [-0.4, -0.2) is 34.5 Å². The van der Waals surface area contributed by atoms with Crippen molar-refractivity contribution in [1.82, 2.24) is 14.9 Å². The Morgan fingerprint density at radius 1 is 1.07 bits per heavy atom. The maximum Gasteiger partial charge on any atom is 0.323 e. The van der Waals surface area contributed by atoms with Crippen molar-refractivity contribution in [2.24, 2.45) is 5.92 Å². The number of piperidine rings is 1. The van der Waals surface area contributed by atoms with Crippen molar-refractivity contribution in [2.45, 2.75) is 19.3 Å². The molecule has 4 rings (SSSR count). The molecule has 0 amide bonds. The molecule has 1 aliphatic heterocycles. The average Bonchev–Trinajstić information content (AvgIpc) is 3.06. The normalized spacial score (nSPS) is 15.6. The van der Waals surface area contributed by atoms with Crippen molar-refractivity contribution in [2.75, 3.05) is 19.6 Å². The van der Waals surface area contributed by atoms with E-state index >= 15 is 0 Å². The van der Waals surface area contributed by atoms with E-state index in [1.807, 2.05) is 30.3 Å². The molecular formula is C22H22FN3O. The fraction of sp³-hybridized carbons (Fsp3) is 0.318. The topological polar surface area (TPSA) is 51.9 Å². The molecule has 27 heavy (non-hydrogen) atoms. The fourth-order valence-corrected chi connectivity index (χ4v) is 3.71. The number of rotatable bonds is 3. The lowest BCUT2D eigenvalue weighted by Gasteiger charge is -2.30. The molecule has 1 aliphatic rings. The summed E-state index contributed by atoms with van der Waals surface area (Å²) < 4.78 is 13.0. The summed E-state index contributed by atoms with van der Waals surface area (Å²) in [4.78, 5) is 19.4. The average molecular weight is 363 g/mol. The van der Waals surface area contributed by atoms with Crippen LogP contribution in [0.25, 0.3) is 11.0 Å². The van der Waals surface area contributed by atoms with Crippen LogP contribution in [0.3, 0.4) is 0 Å². The lowest BCUT2D eigenvalue weighted by atomic mass is 9.90. The molecule has 0 bridgehead atoms. The quantitative estimate of drug-likeness (QED) is 0.702. The summed E-state index contributed by atoms with van der Waals surface area (Å²) in [5.41, 5.74) is 3.41. The van der Waals surface area contributed by atoms with Crippen LogP contribution in [0.15, 0.2) is 47.3 Å². The molecule has 1 aromatic heterocycles. The van der Waals surface area contributed by atoms with Gasteiger partial charge in [-0.25, -0.2) is 9.18 Å². The van der Waals surface area contributed by atoms with Crippen molar-refractivity contribution in [3.05, 3.63) is 69.9 Å². The van der Waals surface area contributed by atoms with Crippen molar-refractivity contribution in [3.8, 4) is 11.8 Å². The number of aromatic amines is 2. The van der Waals surface area contributed by atoms with E-state index in [9.17, 15) is 9.18 Å². The first kappa shape index (κ1) is 17.6. The molecule has 5 heteroatoms. The highest BCUT2D eigenvalue weighted by molar-refractivity contribution is 5.81. The molecule has 138 valence electrons. The molecule has 0 saturated carbocycles. The Balaban J connectivity index is 1.31. The smallest absolute Gasteiger partial charge is 0.306 e. The lowest BCUT2D eigenvalue weighted by Crippen LogP contribution is -2.34. The van der Waals surface area contributed by atoms with Gasteiger partial charge in [-0.3, -0.25) is 4.90 Å². The van der Waals surface area contributed by atoms with E-state index in [2.05, 4.69) is 26.7 Å². The van der Waals surface area contributed by atoms with Crippen LogP contribution in [-0.2, 0) is 6.42 Å². The van der Waals surface area contributed by atoms with Gasteiger partial charge in [0.1, 0.15) is 5.82 Å². The molecule has 0 unspecified atom stereocenters. The Hall–Kier alpha value is -2.84. The molecule has 4 nitrogen and oxygen atoms in total. The number of para-hydroxylation sites is 1. The Labute approximate surface area is 157 Å². The van der Waals surface area contributed by atoms with Gasteiger partial charge in [0.25, 0.3) is 0 Å². The van der Waals surface area contributed by atoms with E-state index in [0.29, 0.717) is 5.92 Å². The first-order valence-electron chi connectivity index (χ1n) is 9.34. The van der Waals surface area contributed by atoms with Crippen molar-refractivity contribution >= 4 is 11.0 Å². The largest absolute Gasteiger partial charge is 0.323 e. The molecule has 0 radical (unpaired) electrons. The van der Waals surface area contributed by atoms with E-state index in [1.165, 1.54) is 5.56 Å². The van der Waals surface area contributed by atoms with E-state index < -0.39 is 0 Å². The minimum absolute atomic E-state index is 0.174. The Kier molecular flexibility index (Phi) is 5.08. The van der Waals surface area contributed by atoms with Gasteiger partial charge in [0.05, 0.1) is 23.1 Å². The van der Waals surface area contributed by atoms with E-state index in [-0.39, 0.29) is 11.5 Å². The standard InChI is InChI=1S/C22H22FN3O/c23-19-8-6-16(7-9-19)15-17-10-13-26(14-11-17)12-2-4-18-3-1-5-20-21(18)25-22(27)24-20/h1,3,5-9,17H,10-15H2,(H2,24,25,27). The second kappa shape index (κ2) is 7.81. The van der Waals surface area contributed by atoms with Crippen molar-refractivity contribution in [1.29, 1.82) is 0 Å². The van der Waals surface area contributed by atoms with Gasteiger partial charge in [0.15, 0.2) is 0 Å². The van der Waals surface area contributed by atoms with Gasteiger partial charge >= 0.3 is 5.69 Å².